The summed E-state index contributed by atoms with van der Waals surface area (Å²) in [5, 5.41) is 0. The Morgan fingerprint density at radius 2 is 0.857 bits per heavy atom. The first kappa shape index (κ1) is 31.1. The molecule has 2 unspecified atom stereocenters. The zero-order valence-corrected chi connectivity index (χ0v) is 28.3. The molecule has 6 aromatic rings. The second-order valence-electron chi connectivity index (χ2n) is 14.2. The molecule has 0 spiro atoms. The zero-order chi connectivity index (χ0) is 33.4. The van der Waals surface area contributed by atoms with Crippen molar-refractivity contribution in [2.24, 2.45) is 5.92 Å². The summed E-state index contributed by atoms with van der Waals surface area (Å²) in [4.78, 5) is 13.8. The Morgan fingerprint density at radius 3 is 1.31 bits per heavy atom. The molecule has 2 aliphatic rings. The molecule has 2 aliphatic carbocycles. The Morgan fingerprint density at radius 1 is 0.490 bits per heavy atom. The molecule has 0 radical (unpaired) electrons. The van der Waals surface area contributed by atoms with Crippen molar-refractivity contribution in [2.45, 2.75) is 56.3 Å². The largest absolute Gasteiger partial charge is 0.426 e. The second-order valence-corrected chi connectivity index (χ2v) is 14.2. The van der Waals surface area contributed by atoms with Crippen LogP contribution in [0.3, 0.4) is 0 Å². The lowest BCUT2D eigenvalue weighted by Crippen LogP contribution is -2.36. The highest BCUT2D eigenvalue weighted by atomic mass is 16.5. The molecular formula is C47H42O2. The maximum absolute atomic E-state index is 13.8. The smallest absolute Gasteiger partial charge is 0.314 e. The van der Waals surface area contributed by atoms with E-state index in [1.807, 2.05) is 37.3 Å². The van der Waals surface area contributed by atoms with Gasteiger partial charge in [-0.05, 0) is 93.8 Å². The number of benzene rings is 6. The molecule has 0 aliphatic heterocycles. The van der Waals surface area contributed by atoms with Gasteiger partial charge in [-0.15, -0.1) is 0 Å². The number of fused-ring (bicyclic) bond motifs is 6. The van der Waals surface area contributed by atoms with Crippen LogP contribution in [0.25, 0.3) is 22.3 Å². The molecule has 0 bridgehead atoms. The summed E-state index contributed by atoms with van der Waals surface area (Å²) in [6.07, 6.45) is 3.51. The van der Waals surface area contributed by atoms with Crippen LogP contribution >= 0.6 is 0 Å². The van der Waals surface area contributed by atoms with Crippen molar-refractivity contribution < 1.29 is 9.53 Å². The van der Waals surface area contributed by atoms with Gasteiger partial charge in [0.05, 0.1) is 5.92 Å². The van der Waals surface area contributed by atoms with Gasteiger partial charge in [-0.2, -0.15) is 0 Å². The maximum Gasteiger partial charge on any atom is 0.314 e. The average Bonchev–Trinajstić information content (AvgIpc) is 3.59. The number of rotatable bonds is 10. The highest BCUT2D eigenvalue weighted by molar-refractivity contribution is 5.83. The summed E-state index contributed by atoms with van der Waals surface area (Å²) in [6, 6.07) is 56.3. The summed E-state index contributed by atoms with van der Waals surface area (Å²) in [6.45, 7) is 4.43. The number of para-hydroxylation sites is 1. The molecule has 2 nitrogen and oxygen atoms in total. The van der Waals surface area contributed by atoms with E-state index in [2.05, 4.69) is 134 Å². The van der Waals surface area contributed by atoms with Gasteiger partial charge in [0.25, 0.3) is 0 Å². The average molecular weight is 639 g/mol. The highest BCUT2D eigenvalue weighted by Crippen LogP contribution is 2.60. The van der Waals surface area contributed by atoms with Crippen LogP contribution in [-0.2, 0) is 15.6 Å². The van der Waals surface area contributed by atoms with Crippen LogP contribution in [0.15, 0.2) is 158 Å². The summed E-state index contributed by atoms with van der Waals surface area (Å²) in [7, 11) is 0. The summed E-state index contributed by atoms with van der Waals surface area (Å²) < 4.78 is 5.96. The third-order valence-corrected chi connectivity index (χ3v) is 11.4. The van der Waals surface area contributed by atoms with Gasteiger partial charge in [0.15, 0.2) is 0 Å². The third kappa shape index (κ3) is 5.31. The molecular weight excluding hydrogens is 597 g/mol. The van der Waals surface area contributed by atoms with Crippen LogP contribution in [0, 0.1) is 5.92 Å². The van der Waals surface area contributed by atoms with Gasteiger partial charge in [-0.25, -0.2) is 0 Å². The standard InChI is InChI=1S/C47H42O2/c1-33(35-17-5-3-6-18-35)31-46(41-25-13-9-21-37(41)38-22-10-14-26-42(38)46)29-30-47(32-34(2)45(48)49-36-19-7-4-8-20-36)43-27-15-11-23-39(43)40-24-12-16-28-44(40)47/h3-28,33-34H,29-32H2,1-2H3. The molecule has 242 valence electrons. The third-order valence-electron chi connectivity index (χ3n) is 11.4. The van der Waals surface area contributed by atoms with E-state index < -0.39 is 0 Å². The molecule has 49 heavy (non-hydrogen) atoms. The van der Waals surface area contributed by atoms with Gasteiger partial charge in [-0.3, -0.25) is 4.79 Å². The quantitative estimate of drug-likeness (QED) is 0.110. The minimum atomic E-state index is -0.363. The first-order chi connectivity index (χ1) is 24.0. The fraction of sp³-hybridized carbons (Fsp3) is 0.213. The molecule has 2 heteroatoms. The zero-order valence-electron chi connectivity index (χ0n) is 28.3. The van der Waals surface area contributed by atoms with Crippen molar-refractivity contribution in [3.63, 3.8) is 0 Å². The molecule has 0 N–H and O–H groups in total. The molecule has 0 heterocycles. The van der Waals surface area contributed by atoms with Gasteiger partial charge < -0.3 is 4.74 Å². The van der Waals surface area contributed by atoms with Crippen LogP contribution in [0.4, 0.5) is 0 Å². The van der Waals surface area contributed by atoms with Crippen LogP contribution < -0.4 is 4.74 Å². The summed E-state index contributed by atoms with van der Waals surface area (Å²) >= 11 is 0. The van der Waals surface area contributed by atoms with Crippen molar-refractivity contribution in [3.8, 4) is 28.0 Å². The number of hydrogen-bond donors (Lipinski definition) is 0. The molecule has 0 saturated carbocycles. The SMILES string of the molecule is CC(CC1(CCC2(CC(C)c3ccccc3)c3ccccc3-c3ccccc32)c2ccccc2-c2ccccc21)C(=O)Oc1ccccc1. The first-order valence-electron chi connectivity index (χ1n) is 17.7. The molecule has 8 rings (SSSR count). The normalized spacial score (nSPS) is 15.7. The number of esters is 1. The minimum Gasteiger partial charge on any atom is -0.426 e. The summed E-state index contributed by atoms with van der Waals surface area (Å²) in [5.74, 6) is 0.436. The Labute approximate surface area is 290 Å². The highest BCUT2D eigenvalue weighted by Gasteiger charge is 2.49. The van der Waals surface area contributed by atoms with Gasteiger partial charge >= 0.3 is 5.97 Å². The number of carbonyl (C=O) groups is 1. The van der Waals surface area contributed by atoms with Crippen molar-refractivity contribution in [2.75, 3.05) is 0 Å². The fourth-order valence-electron chi connectivity index (χ4n) is 9.17. The van der Waals surface area contributed by atoms with E-state index in [1.54, 1.807) is 0 Å². The summed E-state index contributed by atoms with van der Waals surface area (Å²) in [5.41, 5.74) is 11.5. The van der Waals surface area contributed by atoms with Crippen LogP contribution in [0.1, 0.15) is 73.3 Å². The lowest BCUT2D eigenvalue weighted by atomic mass is 9.62. The fourth-order valence-corrected chi connectivity index (χ4v) is 9.17. The van der Waals surface area contributed by atoms with Gasteiger partial charge in [0.2, 0.25) is 0 Å². The lowest BCUT2D eigenvalue weighted by Gasteiger charge is -2.40. The monoisotopic (exact) mass is 638 g/mol. The molecule has 0 fully saturated rings. The lowest BCUT2D eigenvalue weighted by molar-refractivity contribution is -0.139. The molecule has 2 atom stereocenters. The number of hydrogen-bond acceptors (Lipinski definition) is 2. The van der Waals surface area contributed by atoms with Crippen LogP contribution in [0.5, 0.6) is 5.75 Å². The van der Waals surface area contributed by atoms with E-state index in [9.17, 15) is 4.79 Å². The van der Waals surface area contributed by atoms with E-state index in [1.165, 1.54) is 50.1 Å². The molecule has 0 saturated heterocycles. The molecule has 0 amide bonds. The number of carbonyl (C=O) groups excluding carboxylic acids is 1. The number of ether oxygens (including phenoxy) is 1. The van der Waals surface area contributed by atoms with Crippen molar-refractivity contribution in [1.29, 1.82) is 0 Å². The first-order valence-corrected chi connectivity index (χ1v) is 17.7. The van der Waals surface area contributed by atoms with Gasteiger partial charge in [-0.1, -0.05) is 159 Å². The predicted molar refractivity (Wildman–Crippen MR) is 200 cm³/mol. The Kier molecular flexibility index (Phi) is 8.04. The van der Waals surface area contributed by atoms with Crippen LogP contribution in [0.2, 0.25) is 0 Å². The van der Waals surface area contributed by atoms with E-state index in [0.29, 0.717) is 18.1 Å². The van der Waals surface area contributed by atoms with Crippen molar-refractivity contribution in [3.05, 3.63) is 186 Å². The van der Waals surface area contributed by atoms with E-state index in [0.717, 1.165) is 19.3 Å². The second kappa shape index (κ2) is 12.7. The van der Waals surface area contributed by atoms with E-state index in [-0.39, 0.29) is 22.7 Å². The van der Waals surface area contributed by atoms with Gasteiger partial charge in [0, 0.05) is 10.8 Å². The topological polar surface area (TPSA) is 26.3 Å². The van der Waals surface area contributed by atoms with Crippen molar-refractivity contribution >= 4 is 5.97 Å². The molecule has 6 aromatic carbocycles. The van der Waals surface area contributed by atoms with E-state index in [4.69, 9.17) is 4.74 Å². The predicted octanol–water partition coefficient (Wildman–Crippen LogP) is 11.5. The minimum absolute atomic E-state index is 0.184. The molecule has 0 aromatic heterocycles. The van der Waals surface area contributed by atoms with E-state index >= 15 is 0 Å². The van der Waals surface area contributed by atoms with Gasteiger partial charge in [0.1, 0.15) is 5.75 Å². The van der Waals surface area contributed by atoms with Crippen molar-refractivity contribution in [1.82, 2.24) is 0 Å². The Balaban J connectivity index is 1.25. The van der Waals surface area contributed by atoms with Crippen LogP contribution in [-0.4, -0.2) is 5.97 Å². The Hall–Kier alpha value is -5.21. The Bertz CT molecular complexity index is 2020. The maximum atomic E-state index is 13.8.